The van der Waals surface area contributed by atoms with Crippen LogP contribution in [0.5, 0.6) is 11.5 Å². The second-order valence-electron chi connectivity index (χ2n) is 11.0. The van der Waals surface area contributed by atoms with E-state index in [0.29, 0.717) is 59.2 Å². The van der Waals surface area contributed by atoms with Crippen LogP contribution in [-0.4, -0.2) is 23.1 Å². The van der Waals surface area contributed by atoms with Gasteiger partial charge in [0.2, 0.25) is 0 Å². The Labute approximate surface area is 250 Å². The molecule has 7 heteroatoms. The molecule has 0 N–H and O–H groups in total. The number of halogens is 2. The van der Waals surface area contributed by atoms with Gasteiger partial charge in [0.05, 0.1) is 11.6 Å². The first kappa shape index (κ1) is 28.2. The summed E-state index contributed by atoms with van der Waals surface area (Å²) in [6.45, 7) is 2.96. The molecule has 3 aromatic rings. The van der Waals surface area contributed by atoms with Crippen LogP contribution in [0.4, 0.5) is 4.39 Å². The largest absolute Gasteiger partial charge is 0.490 e. The van der Waals surface area contributed by atoms with Crippen LogP contribution in [0.2, 0.25) is 5.02 Å². The molecule has 1 heterocycles. The van der Waals surface area contributed by atoms with Gasteiger partial charge in [0, 0.05) is 47.8 Å². The van der Waals surface area contributed by atoms with Crippen molar-refractivity contribution in [1.29, 1.82) is 0 Å². The summed E-state index contributed by atoms with van der Waals surface area (Å²) in [4.78, 5) is 29.6. The third-order valence-electron chi connectivity index (χ3n) is 8.21. The number of nitrogens with zero attached hydrogens (tertiary/aromatic N) is 1. The Morgan fingerprint density at radius 3 is 2.14 bits per heavy atom. The number of carbonyl (C=O) groups excluding carboxylic acids is 2. The highest BCUT2D eigenvalue weighted by Crippen LogP contribution is 2.51. The van der Waals surface area contributed by atoms with Gasteiger partial charge >= 0.3 is 0 Å². The molecule has 3 aromatic carbocycles. The standard InChI is InChI=1S/C35H33ClFNO4/c1-2-41-31-19-24(18-26(36)35(31)42-21-23-11-6-12-25(37)17-23)32-33-27(13-7-15-29(33)39)38(20-22-9-4-3-5-10-22)28-14-8-16-30(40)34(28)32/h3-6,9-12,17-19,32H,2,7-8,13-16,20-21H2,1H3. The van der Waals surface area contributed by atoms with Crippen molar-refractivity contribution in [2.75, 3.05) is 6.61 Å². The fraction of sp³-hybridized carbons (Fsp3) is 0.314. The molecule has 1 aliphatic heterocycles. The number of ketones is 2. The summed E-state index contributed by atoms with van der Waals surface area (Å²) >= 11 is 6.85. The quantitative estimate of drug-likeness (QED) is 0.267. The van der Waals surface area contributed by atoms with E-state index in [-0.39, 0.29) is 24.0 Å². The molecule has 0 saturated heterocycles. The maximum Gasteiger partial charge on any atom is 0.180 e. The molecule has 0 radical (unpaired) electrons. The molecule has 42 heavy (non-hydrogen) atoms. The molecule has 0 saturated carbocycles. The Morgan fingerprint density at radius 2 is 1.50 bits per heavy atom. The fourth-order valence-corrected chi connectivity index (χ4v) is 6.72. The van der Waals surface area contributed by atoms with Crippen LogP contribution in [0.25, 0.3) is 0 Å². The van der Waals surface area contributed by atoms with E-state index in [9.17, 15) is 14.0 Å². The van der Waals surface area contributed by atoms with Crippen LogP contribution in [-0.2, 0) is 22.7 Å². The first-order valence-corrected chi connectivity index (χ1v) is 15.0. The molecule has 3 aliphatic rings. The van der Waals surface area contributed by atoms with E-state index in [2.05, 4.69) is 17.0 Å². The molecule has 0 fully saturated rings. The zero-order valence-corrected chi connectivity index (χ0v) is 24.4. The van der Waals surface area contributed by atoms with E-state index in [1.165, 1.54) is 12.1 Å². The summed E-state index contributed by atoms with van der Waals surface area (Å²) in [6, 6.07) is 20.0. The minimum Gasteiger partial charge on any atom is -0.490 e. The number of hydrogen-bond acceptors (Lipinski definition) is 5. The zero-order valence-electron chi connectivity index (χ0n) is 23.6. The zero-order chi connectivity index (χ0) is 29.2. The Kier molecular flexibility index (Phi) is 8.16. The number of allylic oxidation sites excluding steroid dienone is 4. The van der Waals surface area contributed by atoms with Gasteiger partial charge in [0.1, 0.15) is 12.4 Å². The summed E-state index contributed by atoms with van der Waals surface area (Å²) in [5.74, 6) is 0.0649. The van der Waals surface area contributed by atoms with Crippen LogP contribution in [0, 0.1) is 5.82 Å². The highest BCUT2D eigenvalue weighted by molar-refractivity contribution is 6.32. The number of ether oxygens (including phenoxy) is 2. The lowest BCUT2D eigenvalue weighted by molar-refractivity contribution is -0.117. The monoisotopic (exact) mass is 585 g/mol. The summed E-state index contributed by atoms with van der Waals surface area (Å²) in [7, 11) is 0. The van der Waals surface area contributed by atoms with Crippen molar-refractivity contribution in [2.45, 2.75) is 64.5 Å². The van der Waals surface area contributed by atoms with Crippen molar-refractivity contribution in [3.05, 3.63) is 117 Å². The van der Waals surface area contributed by atoms with Gasteiger partial charge in [-0.1, -0.05) is 54.1 Å². The molecule has 0 atom stereocenters. The topological polar surface area (TPSA) is 55.8 Å². The number of carbonyl (C=O) groups is 2. The molecular weight excluding hydrogens is 553 g/mol. The fourth-order valence-electron chi connectivity index (χ4n) is 6.45. The Bertz CT molecular complexity index is 1550. The molecule has 2 aliphatic carbocycles. The van der Waals surface area contributed by atoms with Crippen LogP contribution >= 0.6 is 11.6 Å². The first-order valence-electron chi connectivity index (χ1n) is 14.6. The van der Waals surface area contributed by atoms with Crippen molar-refractivity contribution >= 4 is 23.2 Å². The van der Waals surface area contributed by atoms with Gasteiger partial charge in [-0.05, 0) is 73.6 Å². The van der Waals surface area contributed by atoms with E-state index in [1.54, 1.807) is 18.2 Å². The summed E-state index contributed by atoms with van der Waals surface area (Å²) in [6.07, 6.45) is 4.01. The van der Waals surface area contributed by atoms with Crippen LogP contribution in [0.1, 0.15) is 68.1 Å². The third kappa shape index (κ3) is 5.48. The summed E-state index contributed by atoms with van der Waals surface area (Å²) in [5.41, 5.74) is 5.94. The molecule has 0 amide bonds. The smallest absolute Gasteiger partial charge is 0.180 e. The first-order chi connectivity index (χ1) is 20.4. The average molecular weight is 586 g/mol. The van der Waals surface area contributed by atoms with Gasteiger partial charge in [-0.15, -0.1) is 0 Å². The molecule has 0 aromatic heterocycles. The molecular formula is C35H33ClFNO4. The van der Waals surface area contributed by atoms with E-state index in [0.717, 1.165) is 48.2 Å². The van der Waals surface area contributed by atoms with Crippen molar-refractivity contribution in [2.24, 2.45) is 0 Å². The maximum absolute atomic E-state index is 13.7. The number of rotatable bonds is 8. The van der Waals surface area contributed by atoms with E-state index in [1.807, 2.05) is 31.2 Å². The summed E-state index contributed by atoms with van der Waals surface area (Å²) in [5, 5.41) is 0.315. The van der Waals surface area contributed by atoms with Gasteiger partial charge < -0.3 is 14.4 Å². The number of hydrogen-bond donors (Lipinski definition) is 0. The summed E-state index contributed by atoms with van der Waals surface area (Å²) < 4.78 is 25.8. The van der Waals surface area contributed by atoms with E-state index in [4.69, 9.17) is 21.1 Å². The SMILES string of the molecule is CCOc1cc(C2C3=C(CCCC3=O)N(Cc3ccccc3)C3=C2C(=O)CCC3)cc(Cl)c1OCc1cccc(F)c1. The van der Waals surface area contributed by atoms with Crippen molar-refractivity contribution < 1.29 is 23.5 Å². The van der Waals surface area contributed by atoms with Gasteiger partial charge in [0.25, 0.3) is 0 Å². The van der Waals surface area contributed by atoms with E-state index < -0.39 is 5.92 Å². The highest BCUT2D eigenvalue weighted by atomic mass is 35.5. The highest BCUT2D eigenvalue weighted by Gasteiger charge is 2.43. The van der Waals surface area contributed by atoms with Gasteiger partial charge in [-0.3, -0.25) is 9.59 Å². The second kappa shape index (κ2) is 12.1. The van der Waals surface area contributed by atoms with Crippen LogP contribution in [0.15, 0.2) is 89.3 Å². The third-order valence-corrected chi connectivity index (χ3v) is 8.49. The van der Waals surface area contributed by atoms with E-state index >= 15 is 0 Å². The van der Waals surface area contributed by atoms with Crippen LogP contribution in [0.3, 0.4) is 0 Å². The van der Waals surface area contributed by atoms with Gasteiger partial charge in [-0.2, -0.15) is 0 Å². The van der Waals surface area contributed by atoms with Crippen molar-refractivity contribution in [1.82, 2.24) is 4.90 Å². The number of benzene rings is 3. The molecule has 216 valence electrons. The number of Topliss-reactive ketones (excluding diaryl/α,β-unsaturated/α-hetero) is 2. The molecule has 5 nitrogen and oxygen atoms in total. The lowest BCUT2D eigenvalue weighted by atomic mass is 9.71. The average Bonchev–Trinajstić information content (AvgIpc) is 2.98. The lowest BCUT2D eigenvalue weighted by Gasteiger charge is -2.44. The Balaban J connectivity index is 1.45. The second-order valence-corrected chi connectivity index (χ2v) is 11.4. The normalized spacial score (nSPS) is 17.4. The molecule has 0 unspecified atom stereocenters. The van der Waals surface area contributed by atoms with Gasteiger partial charge in [-0.25, -0.2) is 4.39 Å². The minimum atomic E-state index is -0.517. The molecule has 0 bridgehead atoms. The minimum absolute atomic E-state index is 0.0738. The maximum atomic E-state index is 13.7. The van der Waals surface area contributed by atoms with Crippen LogP contribution < -0.4 is 9.47 Å². The lowest BCUT2D eigenvalue weighted by Crippen LogP contribution is -2.38. The predicted molar refractivity (Wildman–Crippen MR) is 160 cm³/mol. The molecule has 6 rings (SSSR count). The molecule has 0 spiro atoms. The predicted octanol–water partition coefficient (Wildman–Crippen LogP) is 8.07. The Hall–Kier alpha value is -3.90. The van der Waals surface area contributed by atoms with Crippen molar-refractivity contribution in [3.8, 4) is 11.5 Å². The van der Waals surface area contributed by atoms with Gasteiger partial charge in [0.15, 0.2) is 23.1 Å². The van der Waals surface area contributed by atoms with Crippen molar-refractivity contribution in [3.63, 3.8) is 0 Å². The Morgan fingerprint density at radius 1 is 0.833 bits per heavy atom.